The molecular weight excluding hydrogens is 1220 g/mol. The van der Waals surface area contributed by atoms with Gasteiger partial charge in [-0.25, -0.2) is 0 Å². The second-order valence-electron chi connectivity index (χ2n) is 24.4. The molecule has 0 aromatic carbocycles. The zero-order chi connectivity index (χ0) is 64.8. The predicted molar refractivity (Wildman–Crippen MR) is 275 cm³/mol. The van der Waals surface area contributed by atoms with E-state index in [0.717, 1.165) is 0 Å². The summed E-state index contributed by atoms with van der Waals surface area (Å²) in [5.74, 6) is -4.71. The van der Waals surface area contributed by atoms with Crippen LogP contribution in [0.3, 0.4) is 0 Å². The van der Waals surface area contributed by atoms with Gasteiger partial charge in [-0.1, -0.05) is 0 Å². The maximum atomic E-state index is 11.5. The summed E-state index contributed by atoms with van der Waals surface area (Å²) in [5, 5.41) is 267. The van der Waals surface area contributed by atoms with Crippen molar-refractivity contribution in [3.63, 3.8) is 0 Å². The summed E-state index contributed by atoms with van der Waals surface area (Å²) in [7, 11) is 0. The summed E-state index contributed by atoms with van der Waals surface area (Å²) in [6.45, 7) is -7.95. The number of aliphatic hydroxyl groups is 24. The number of aliphatic hydroxyl groups excluding tert-OH is 24. The van der Waals surface area contributed by atoms with Crippen molar-refractivity contribution in [2.24, 2.45) is 23.7 Å². The normalized spacial score (nSPS) is 55.0. The van der Waals surface area contributed by atoms with Crippen molar-refractivity contribution < 1.29 is 184 Å². The molecule has 40 atom stereocenters. The Balaban J connectivity index is 0.964. The standard InChI is InChI=1S/C52H88O37/c53-4-13-1-16-12-77-43-19(7-56)80-51(35(72)30(43)67)88-47-23(11-60)84-52(39(76)34(47)71)89-46-22(10-59)83-50(38(75)33(46)70)87-42-15(6-55)3-18(26(63)29(42)66)79-45-21(9-58)82-49(37(74)32(45)69)86-41-14(5-54)2-17(25(62)28(41)65)78-44-20(8-57)81-48(36(73)31(44)68)85-40(13)27(64)24(16)61/h13-76H,1-12H2/t13-,14-,15-,16?,17?,18?,19-,20-,21-,22-,23-,24+,25+,26+,27-,28-,29-,30-,31-,32-,33-,34-,35-,36-,37-,38-,39-,40-,41?,42?,43-,44?,45?,46?,47-,48?,49?,50?,51?,52?/m1/s1. The lowest BCUT2D eigenvalue weighted by atomic mass is 9.76. The highest BCUT2D eigenvalue weighted by molar-refractivity contribution is 5.04. The molecule has 0 radical (unpaired) electrons. The van der Waals surface area contributed by atoms with Crippen LogP contribution in [0.4, 0.5) is 0 Å². The average Bonchev–Trinajstić information content (AvgIpc) is 1.34. The molecule has 27 aliphatic heterocycles. The van der Waals surface area contributed by atoms with Crippen molar-refractivity contribution in [1.82, 2.24) is 0 Å². The van der Waals surface area contributed by atoms with Crippen LogP contribution in [0.2, 0.25) is 0 Å². The lowest BCUT2D eigenvalue weighted by molar-refractivity contribution is -0.384. The number of rotatable bonds is 8. The van der Waals surface area contributed by atoms with Crippen molar-refractivity contribution in [3.8, 4) is 0 Å². The van der Waals surface area contributed by atoms with Gasteiger partial charge in [0, 0.05) is 43.5 Å². The van der Waals surface area contributed by atoms with Crippen LogP contribution in [-0.4, -0.2) is 403 Å². The molecule has 0 aromatic rings. The highest BCUT2D eigenvalue weighted by Gasteiger charge is 2.59. The molecule has 13 unspecified atom stereocenters. The van der Waals surface area contributed by atoms with Crippen LogP contribution in [0.15, 0.2) is 0 Å². The fraction of sp³-hybridized carbons (Fsp3) is 1.00. The van der Waals surface area contributed by atoms with E-state index in [1.807, 2.05) is 0 Å². The minimum Gasteiger partial charge on any atom is -0.396 e. The minimum absolute atomic E-state index is 0.232. The molecule has 518 valence electrons. The molecule has 27 heterocycles. The second kappa shape index (κ2) is 30.7. The van der Waals surface area contributed by atoms with Gasteiger partial charge in [-0.15, -0.1) is 0 Å². The first-order valence-electron chi connectivity index (χ1n) is 29.6. The number of hydrogen-bond acceptors (Lipinski definition) is 37. The highest BCUT2D eigenvalue weighted by Crippen LogP contribution is 2.42. The molecule has 37 heteroatoms. The van der Waals surface area contributed by atoms with Crippen molar-refractivity contribution in [3.05, 3.63) is 0 Å². The van der Waals surface area contributed by atoms with Gasteiger partial charge in [-0.3, -0.25) is 0 Å². The van der Waals surface area contributed by atoms with E-state index < -0.39 is 317 Å². The van der Waals surface area contributed by atoms with Gasteiger partial charge in [-0.2, -0.15) is 0 Å². The first kappa shape index (κ1) is 71.8. The third-order valence-corrected chi connectivity index (χ3v) is 18.8. The smallest absolute Gasteiger partial charge is 0.187 e. The molecule has 27 saturated heterocycles. The average molecular weight is 1310 g/mol. The van der Waals surface area contributed by atoms with E-state index in [9.17, 15) is 123 Å². The summed E-state index contributed by atoms with van der Waals surface area (Å²) < 4.78 is 75.8. The Bertz CT molecular complexity index is 2150. The van der Waals surface area contributed by atoms with Crippen molar-refractivity contribution in [2.45, 2.75) is 240 Å². The van der Waals surface area contributed by atoms with Crippen LogP contribution in [0.5, 0.6) is 0 Å². The third kappa shape index (κ3) is 14.4. The van der Waals surface area contributed by atoms with Crippen LogP contribution < -0.4 is 0 Å². The molecule has 0 amide bonds. The highest BCUT2D eigenvalue weighted by atomic mass is 16.8. The maximum absolute atomic E-state index is 11.5. The van der Waals surface area contributed by atoms with E-state index in [-0.39, 0.29) is 6.42 Å². The SMILES string of the molecule is OC[C@H]1CC2OC3[C@@H](CO)OC(OC4[C@@H](CO)CC(OC5[C@@H](CO)OC(O[C@@H]6[C@@H](CO)CC(CO[C@H]7[C@H](O)[C@@H](O)C(O[C@H]8[C@H](O)[C@@H](O)C(OC9[C@@H](CO)OC(OC1[C@H](O)[C@H]2O)[C@H](O)[C@H]9O)O[C@@H]8CO)O[C@@H]7CO)[C@H](O)[C@H]6O)[C@H](O)[C@H]5O)[C@H](O)[C@H]4O)[C@H](O)[C@H]3O. The van der Waals surface area contributed by atoms with E-state index in [0.29, 0.717) is 0 Å². The topological polar surface area (TPSA) is 606 Å². The van der Waals surface area contributed by atoms with Gasteiger partial charge in [0.15, 0.2) is 31.5 Å². The number of ether oxygens (including phenoxy) is 13. The first-order valence-corrected chi connectivity index (χ1v) is 29.6. The molecule has 30 rings (SSSR count). The lowest BCUT2D eigenvalue weighted by Crippen LogP contribution is -2.67. The van der Waals surface area contributed by atoms with E-state index in [1.54, 1.807) is 0 Å². The predicted octanol–water partition coefficient (Wildman–Crippen LogP) is -15.2. The summed E-state index contributed by atoms with van der Waals surface area (Å²) in [6, 6.07) is 0. The van der Waals surface area contributed by atoms with Gasteiger partial charge in [0.25, 0.3) is 0 Å². The second-order valence-corrected chi connectivity index (χ2v) is 24.4. The molecule has 16 bridgehead atoms. The van der Waals surface area contributed by atoms with Crippen molar-refractivity contribution in [2.75, 3.05) is 59.5 Å². The Morgan fingerprint density at radius 1 is 0.213 bits per heavy atom. The molecular formula is C52H88O37. The molecule has 3 aliphatic carbocycles. The Morgan fingerprint density at radius 3 is 0.742 bits per heavy atom. The van der Waals surface area contributed by atoms with Crippen LogP contribution in [0.1, 0.15) is 19.3 Å². The largest absolute Gasteiger partial charge is 0.396 e. The van der Waals surface area contributed by atoms with Crippen LogP contribution in [0.25, 0.3) is 0 Å². The zero-order valence-electron chi connectivity index (χ0n) is 47.6. The molecule has 30 fully saturated rings. The Labute approximate surface area is 506 Å². The molecule has 30 aliphatic rings. The zero-order valence-corrected chi connectivity index (χ0v) is 47.6. The van der Waals surface area contributed by atoms with E-state index >= 15 is 0 Å². The molecule has 0 spiro atoms. The summed E-state index contributed by atoms with van der Waals surface area (Å²) >= 11 is 0. The van der Waals surface area contributed by atoms with Gasteiger partial charge < -0.3 is 184 Å². The van der Waals surface area contributed by atoms with E-state index in [1.165, 1.54) is 0 Å². The summed E-state index contributed by atoms with van der Waals surface area (Å²) in [6.07, 6.45) is -69.1. The van der Waals surface area contributed by atoms with Gasteiger partial charge in [0.1, 0.15) is 153 Å². The molecule has 0 aromatic heterocycles. The molecule has 37 nitrogen and oxygen atoms in total. The van der Waals surface area contributed by atoms with Gasteiger partial charge in [0.05, 0.1) is 76.3 Å². The Hall–Kier alpha value is -1.48. The molecule has 24 N–H and O–H groups in total. The fourth-order valence-electron chi connectivity index (χ4n) is 13.6. The van der Waals surface area contributed by atoms with Crippen LogP contribution >= 0.6 is 0 Å². The van der Waals surface area contributed by atoms with Gasteiger partial charge in [0.2, 0.25) is 0 Å². The van der Waals surface area contributed by atoms with Gasteiger partial charge >= 0.3 is 0 Å². The minimum atomic E-state index is -2.19. The molecule has 89 heavy (non-hydrogen) atoms. The van der Waals surface area contributed by atoms with E-state index in [4.69, 9.17) is 61.6 Å². The maximum Gasteiger partial charge on any atom is 0.187 e. The molecule has 3 saturated carbocycles. The Kier molecular flexibility index (Phi) is 24.8. The quantitative estimate of drug-likeness (QED) is 0.107. The lowest BCUT2D eigenvalue weighted by Gasteiger charge is -2.50. The van der Waals surface area contributed by atoms with Gasteiger partial charge in [-0.05, 0) is 19.3 Å². The van der Waals surface area contributed by atoms with Crippen molar-refractivity contribution in [1.29, 1.82) is 0 Å². The third-order valence-electron chi connectivity index (χ3n) is 18.8. The van der Waals surface area contributed by atoms with E-state index in [2.05, 4.69) is 0 Å². The van der Waals surface area contributed by atoms with Crippen LogP contribution in [0, 0.1) is 23.7 Å². The van der Waals surface area contributed by atoms with Crippen LogP contribution in [-0.2, 0) is 61.6 Å². The number of hydrogen-bond donors (Lipinski definition) is 24. The summed E-state index contributed by atoms with van der Waals surface area (Å²) in [5.41, 5.74) is 0. The monoisotopic (exact) mass is 1300 g/mol. The Morgan fingerprint density at radius 2 is 0.449 bits per heavy atom. The van der Waals surface area contributed by atoms with Crippen molar-refractivity contribution >= 4 is 0 Å². The first-order chi connectivity index (χ1) is 42.4. The summed E-state index contributed by atoms with van der Waals surface area (Å²) in [4.78, 5) is 0. The fourth-order valence-corrected chi connectivity index (χ4v) is 13.6.